The number of nitrogens with zero attached hydrogens (tertiary/aromatic N) is 1. The Hall–Kier alpha value is -1.55. The maximum absolute atomic E-state index is 5.67. The highest BCUT2D eigenvalue weighted by molar-refractivity contribution is 5.48. The molecule has 0 amide bonds. The monoisotopic (exact) mass is 246 g/mol. The summed E-state index contributed by atoms with van der Waals surface area (Å²) >= 11 is 0. The van der Waals surface area contributed by atoms with E-state index in [-0.39, 0.29) is 0 Å². The second-order valence-electron chi connectivity index (χ2n) is 4.86. The summed E-state index contributed by atoms with van der Waals surface area (Å²) in [6.07, 6.45) is 6.34. The average Bonchev–Trinajstić information content (AvgIpc) is 2.88. The highest BCUT2D eigenvalue weighted by Crippen LogP contribution is 2.23. The Kier molecular flexibility index (Phi) is 3.19. The summed E-state index contributed by atoms with van der Waals surface area (Å²) in [5.74, 6) is 3.14. The molecule has 0 aliphatic heterocycles. The molecule has 0 atom stereocenters. The van der Waals surface area contributed by atoms with Crippen molar-refractivity contribution in [2.75, 3.05) is 6.54 Å². The Bertz CT molecular complexity index is 511. The third-order valence-electron chi connectivity index (χ3n) is 3.11. The smallest absolute Gasteiger partial charge is 0.195 e. The Balaban J connectivity index is 1.52. The fourth-order valence-corrected chi connectivity index (χ4v) is 1.94. The average molecular weight is 246 g/mol. The lowest BCUT2D eigenvalue weighted by molar-refractivity contribution is 0.466. The second kappa shape index (κ2) is 4.98. The zero-order valence-corrected chi connectivity index (χ0v) is 10.6. The van der Waals surface area contributed by atoms with Crippen LogP contribution in [0.25, 0.3) is 11.5 Å². The highest BCUT2D eigenvalue weighted by Gasteiger charge is 2.19. The van der Waals surface area contributed by atoms with Crippen LogP contribution in [0.5, 0.6) is 0 Å². The van der Waals surface area contributed by atoms with Crippen molar-refractivity contribution in [2.24, 2.45) is 0 Å². The minimum atomic E-state index is 0.716. The maximum atomic E-state index is 5.67. The largest absolute Gasteiger partial charge is 0.458 e. The van der Waals surface area contributed by atoms with Gasteiger partial charge in [0.15, 0.2) is 17.4 Å². The lowest BCUT2D eigenvalue weighted by Crippen LogP contribution is -2.17. The van der Waals surface area contributed by atoms with Crippen LogP contribution in [-0.2, 0) is 6.42 Å². The molecule has 3 rings (SSSR count). The van der Waals surface area contributed by atoms with Crippen LogP contribution in [0.15, 0.2) is 27.2 Å². The Morgan fingerprint density at radius 1 is 1.28 bits per heavy atom. The summed E-state index contributed by atoms with van der Waals surface area (Å²) in [5.41, 5.74) is 0. The van der Waals surface area contributed by atoms with Crippen molar-refractivity contribution >= 4 is 0 Å². The van der Waals surface area contributed by atoms with Crippen molar-refractivity contribution < 1.29 is 8.83 Å². The predicted octanol–water partition coefficient (Wildman–Crippen LogP) is 2.93. The van der Waals surface area contributed by atoms with Gasteiger partial charge in [-0.15, -0.1) is 0 Å². The normalized spacial score (nSPS) is 15.2. The number of aromatic nitrogens is 1. The molecular weight excluding hydrogens is 228 g/mol. The van der Waals surface area contributed by atoms with Crippen LogP contribution < -0.4 is 5.32 Å². The molecule has 1 saturated carbocycles. The fourth-order valence-electron chi connectivity index (χ4n) is 1.94. The molecule has 0 bridgehead atoms. The Morgan fingerprint density at radius 3 is 2.89 bits per heavy atom. The number of oxazole rings is 1. The SMILES string of the molecule is Cc1ccc(-c2cnc(CCCNC3CC3)o2)o1. The van der Waals surface area contributed by atoms with Crippen molar-refractivity contribution in [3.05, 3.63) is 30.0 Å². The van der Waals surface area contributed by atoms with Gasteiger partial charge in [0.1, 0.15) is 5.76 Å². The van der Waals surface area contributed by atoms with E-state index in [9.17, 15) is 0 Å². The third-order valence-corrected chi connectivity index (χ3v) is 3.11. The molecule has 0 unspecified atom stereocenters. The first kappa shape index (κ1) is 11.5. The van der Waals surface area contributed by atoms with Gasteiger partial charge in [-0.3, -0.25) is 0 Å². The highest BCUT2D eigenvalue weighted by atomic mass is 16.4. The summed E-state index contributed by atoms with van der Waals surface area (Å²) < 4.78 is 11.2. The molecule has 0 spiro atoms. The molecular formula is C14H18N2O2. The summed E-state index contributed by atoms with van der Waals surface area (Å²) in [7, 11) is 0. The number of furan rings is 1. The van der Waals surface area contributed by atoms with E-state index in [0.717, 1.165) is 42.8 Å². The number of aryl methyl sites for hydroxylation is 2. The van der Waals surface area contributed by atoms with Crippen molar-refractivity contribution in [1.82, 2.24) is 10.3 Å². The first-order chi connectivity index (χ1) is 8.81. The van der Waals surface area contributed by atoms with Crippen LogP contribution >= 0.6 is 0 Å². The van der Waals surface area contributed by atoms with E-state index in [1.807, 2.05) is 19.1 Å². The lowest BCUT2D eigenvalue weighted by atomic mass is 10.3. The molecule has 4 nitrogen and oxygen atoms in total. The predicted molar refractivity (Wildman–Crippen MR) is 68.3 cm³/mol. The van der Waals surface area contributed by atoms with Crippen molar-refractivity contribution in [3.63, 3.8) is 0 Å². The van der Waals surface area contributed by atoms with E-state index >= 15 is 0 Å². The number of rotatable bonds is 6. The van der Waals surface area contributed by atoms with Crippen LogP contribution in [0.4, 0.5) is 0 Å². The van der Waals surface area contributed by atoms with E-state index < -0.39 is 0 Å². The molecule has 0 saturated heterocycles. The van der Waals surface area contributed by atoms with E-state index in [1.165, 1.54) is 12.8 Å². The molecule has 2 aromatic rings. The van der Waals surface area contributed by atoms with Crippen molar-refractivity contribution in [1.29, 1.82) is 0 Å². The van der Waals surface area contributed by atoms with Gasteiger partial charge in [0.05, 0.1) is 6.20 Å². The van der Waals surface area contributed by atoms with Gasteiger partial charge in [-0.2, -0.15) is 0 Å². The van der Waals surface area contributed by atoms with Gasteiger partial charge < -0.3 is 14.2 Å². The van der Waals surface area contributed by atoms with Crippen LogP contribution in [-0.4, -0.2) is 17.6 Å². The molecule has 18 heavy (non-hydrogen) atoms. The van der Waals surface area contributed by atoms with Crippen molar-refractivity contribution in [2.45, 2.75) is 38.6 Å². The van der Waals surface area contributed by atoms with Crippen molar-refractivity contribution in [3.8, 4) is 11.5 Å². The minimum Gasteiger partial charge on any atom is -0.458 e. The first-order valence-corrected chi connectivity index (χ1v) is 6.56. The van der Waals surface area contributed by atoms with Crippen LogP contribution in [0.2, 0.25) is 0 Å². The quantitative estimate of drug-likeness (QED) is 0.796. The standard InChI is InChI=1S/C14H18N2O2/c1-10-4-7-12(17-10)13-9-16-14(18-13)3-2-8-15-11-5-6-11/h4,7,9,11,15H,2-3,5-6,8H2,1H3. The van der Waals surface area contributed by atoms with Gasteiger partial charge in [0, 0.05) is 12.5 Å². The molecule has 0 aromatic carbocycles. The van der Waals surface area contributed by atoms with E-state index in [1.54, 1.807) is 6.20 Å². The number of nitrogens with one attached hydrogen (secondary N) is 1. The summed E-state index contributed by atoms with van der Waals surface area (Å²) in [6.45, 7) is 2.96. The Labute approximate surface area is 106 Å². The third kappa shape index (κ3) is 2.82. The van der Waals surface area contributed by atoms with Gasteiger partial charge in [-0.1, -0.05) is 0 Å². The summed E-state index contributed by atoms with van der Waals surface area (Å²) in [6, 6.07) is 4.61. The second-order valence-corrected chi connectivity index (χ2v) is 4.86. The first-order valence-electron chi connectivity index (χ1n) is 6.56. The van der Waals surface area contributed by atoms with Crippen LogP contribution in [0, 0.1) is 6.92 Å². The molecule has 1 aliphatic carbocycles. The zero-order valence-electron chi connectivity index (χ0n) is 10.6. The molecule has 4 heteroatoms. The fraction of sp³-hybridized carbons (Fsp3) is 0.500. The van der Waals surface area contributed by atoms with E-state index in [2.05, 4.69) is 10.3 Å². The number of hydrogen-bond donors (Lipinski definition) is 1. The molecule has 0 radical (unpaired) electrons. The van der Waals surface area contributed by atoms with Crippen LogP contribution in [0.3, 0.4) is 0 Å². The van der Waals surface area contributed by atoms with Gasteiger partial charge in [-0.05, 0) is 44.9 Å². The minimum absolute atomic E-state index is 0.716. The zero-order chi connectivity index (χ0) is 12.4. The van der Waals surface area contributed by atoms with Gasteiger partial charge in [0.2, 0.25) is 0 Å². The molecule has 1 N–H and O–H groups in total. The van der Waals surface area contributed by atoms with Gasteiger partial charge in [-0.25, -0.2) is 4.98 Å². The number of hydrogen-bond acceptors (Lipinski definition) is 4. The topological polar surface area (TPSA) is 51.2 Å². The van der Waals surface area contributed by atoms with Crippen LogP contribution in [0.1, 0.15) is 30.9 Å². The maximum Gasteiger partial charge on any atom is 0.195 e. The molecule has 96 valence electrons. The molecule has 1 fully saturated rings. The summed E-state index contributed by atoms with van der Waals surface area (Å²) in [5, 5.41) is 3.48. The lowest BCUT2D eigenvalue weighted by Gasteiger charge is -1.99. The Morgan fingerprint density at radius 2 is 2.17 bits per heavy atom. The molecule has 1 aliphatic rings. The molecule has 2 heterocycles. The van der Waals surface area contributed by atoms with E-state index in [4.69, 9.17) is 8.83 Å². The van der Waals surface area contributed by atoms with E-state index in [0.29, 0.717) is 5.76 Å². The van der Waals surface area contributed by atoms with Gasteiger partial charge in [0.25, 0.3) is 0 Å². The molecule has 2 aromatic heterocycles. The summed E-state index contributed by atoms with van der Waals surface area (Å²) in [4.78, 5) is 4.28. The van der Waals surface area contributed by atoms with Gasteiger partial charge >= 0.3 is 0 Å².